The summed E-state index contributed by atoms with van der Waals surface area (Å²) in [6.07, 6.45) is 6.08. The van der Waals surface area contributed by atoms with Crippen molar-refractivity contribution in [2.24, 2.45) is 0 Å². The van der Waals surface area contributed by atoms with E-state index in [-0.39, 0.29) is 0 Å². The van der Waals surface area contributed by atoms with Gasteiger partial charge in [0.05, 0.1) is 0 Å². The molecular formula is C22H25N3. The van der Waals surface area contributed by atoms with Gasteiger partial charge in [-0.1, -0.05) is 31.5 Å². The van der Waals surface area contributed by atoms with E-state index in [1.807, 2.05) is 24.5 Å². The number of nitrogens with zero attached hydrogens (tertiary/aromatic N) is 1. The van der Waals surface area contributed by atoms with E-state index in [9.17, 15) is 0 Å². The van der Waals surface area contributed by atoms with Crippen LogP contribution in [-0.2, 0) is 6.54 Å². The number of hydrogen-bond donors (Lipinski definition) is 2. The van der Waals surface area contributed by atoms with Gasteiger partial charge in [-0.2, -0.15) is 0 Å². The Labute approximate surface area is 150 Å². The molecule has 0 bridgehead atoms. The van der Waals surface area contributed by atoms with Crippen LogP contribution in [0.1, 0.15) is 25.3 Å². The van der Waals surface area contributed by atoms with Crippen LogP contribution in [0, 0.1) is 0 Å². The number of pyridine rings is 1. The molecule has 3 heteroatoms. The average Bonchev–Trinajstić information content (AvgIpc) is 2.68. The molecule has 1 heterocycles. The van der Waals surface area contributed by atoms with Crippen LogP contribution in [0.2, 0.25) is 0 Å². The Morgan fingerprint density at radius 2 is 1.52 bits per heavy atom. The smallest absolute Gasteiger partial charge is 0.0401 e. The van der Waals surface area contributed by atoms with Gasteiger partial charge in [0, 0.05) is 36.9 Å². The molecule has 2 aromatic carbocycles. The zero-order valence-electron chi connectivity index (χ0n) is 14.7. The Balaban J connectivity index is 1.58. The molecule has 0 aliphatic carbocycles. The van der Waals surface area contributed by atoms with Crippen LogP contribution in [0.4, 0.5) is 11.4 Å². The van der Waals surface area contributed by atoms with E-state index < -0.39 is 0 Å². The largest absolute Gasteiger partial charge is 0.385 e. The number of aromatic nitrogens is 1. The maximum absolute atomic E-state index is 4.08. The summed E-state index contributed by atoms with van der Waals surface area (Å²) < 4.78 is 0. The first-order valence-electron chi connectivity index (χ1n) is 8.92. The molecule has 0 atom stereocenters. The molecule has 0 saturated heterocycles. The van der Waals surface area contributed by atoms with Crippen molar-refractivity contribution in [1.82, 2.24) is 4.98 Å². The van der Waals surface area contributed by atoms with Crippen LogP contribution >= 0.6 is 0 Å². The Kier molecular flexibility index (Phi) is 6.05. The van der Waals surface area contributed by atoms with E-state index in [0.29, 0.717) is 0 Å². The van der Waals surface area contributed by atoms with Gasteiger partial charge in [-0.05, 0) is 65.6 Å². The third kappa shape index (κ3) is 5.08. The summed E-state index contributed by atoms with van der Waals surface area (Å²) in [7, 11) is 0. The van der Waals surface area contributed by atoms with Gasteiger partial charge in [-0.15, -0.1) is 0 Å². The van der Waals surface area contributed by atoms with Gasteiger partial charge < -0.3 is 10.6 Å². The summed E-state index contributed by atoms with van der Waals surface area (Å²) in [5, 5.41) is 6.93. The first-order valence-corrected chi connectivity index (χ1v) is 8.92. The molecule has 0 unspecified atom stereocenters. The van der Waals surface area contributed by atoms with Crippen LogP contribution in [0.15, 0.2) is 73.1 Å². The molecule has 128 valence electrons. The molecule has 3 nitrogen and oxygen atoms in total. The Morgan fingerprint density at radius 1 is 0.800 bits per heavy atom. The minimum atomic E-state index is 0.807. The molecular weight excluding hydrogens is 306 g/mol. The van der Waals surface area contributed by atoms with E-state index >= 15 is 0 Å². The van der Waals surface area contributed by atoms with E-state index in [1.54, 1.807) is 0 Å². The Bertz CT molecular complexity index is 767. The first kappa shape index (κ1) is 17.0. The van der Waals surface area contributed by atoms with Gasteiger partial charge >= 0.3 is 0 Å². The van der Waals surface area contributed by atoms with Gasteiger partial charge in [0.25, 0.3) is 0 Å². The van der Waals surface area contributed by atoms with Crippen molar-refractivity contribution in [2.75, 3.05) is 17.2 Å². The predicted octanol–water partition coefficient (Wildman–Crippen LogP) is 5.57. The monoisotopic (exact) mass is 331 g/mol. The fourth-order valence-corrected chi connectivity index (χ4v) is 2.72. The number of anilines is 2. The molecule has 25 heavy (non-hydrogen) atoms. The van der Waals surface area contributed by atoms with Crippen molar-refractivity contribution in [3.8, 4) is 11.1 Å². The fourth-order valence-electron chi connectivity index (χ4n) is 2.72. The van der Waals surface area contributed by atoms with Crippen molar-refractivity contribution < 1.29 is 0 Å². The highest BCUT2D eigenvalue weighted by atomic mass is 14.9. The Hall–Kier alpha value is -2.81. The molecule has 0 saturated carbocycles. The van der Waals surface area contributed by atoms with Crippen molar-refractivity contribution >= 4 is 11.4 Å². The number of benzene rings is 2. The lowest BCUT2D eigenvalue weighted by molar-refractivity contribution is 0.834. The van der Waals surface area contributed by atoms with E-state index in [4.69, 9.17) is 0 Å². The zero-order valence-corrected chi connectivity index (χ0v) is 14.7. The third-order valence-corrected chi connectivity index (χ3v) is 4.18. The SMILES string of the molecule is CCCCNc1ccc(NCc2cccc(-c3ccncc3)c2)cc1. The molecule has 3 rings (SSSR count). The summed E-state index contributed by atoms with van der Waals surface area (Å²) in [6, 6.07) is 21.2. The summed E-state index contributed by atoms with van der Waals surface area (Å²) >= 11 is 0. The Morgan fingerprint density at radius 3 is 2.24 bits per heavy atom. The van der Waals surface area contributed by atoms with Gasteiger partial charge in [0.15, 0.2) is 0 Å². The second kappa shape index (κ2) is 8.88. The quantitative estimate of drug-likeness (QED) is 0.530. The third-order valence-electron chi connectivity index (χ3n) is 4.18. The minimum Gasteiger partial charge on any atom is -0.385 e. The standard InChI is InChI=1S/C22H25N3/c1-2-3-13-24-21-7-9-22(10-8-21)25-17-18-5-4-6-20(16-18)19-11-14-23-15-12-19/h4-12,14-16,24-25H,2-3,13,17H2,1H3. The van der Waals surface area contributed by atoms with Crippen LogP contribution in [0.5, 0.6) is 0 Å². The molecule has 0 aliphatic rings. The predicted molar refractivity (Wildman–Crippen MR) is 107 cm³/mol. The lowest BCUT2D eigenvalue weighted by Crippen LogP contribution is -2.02. The lowest BCUT2D eigenvalue weighted by Gasteiger charge is -2.10. The van der Waals surface area contributed by atoms with Gasteiger partial charge in [-0.25, -0.2) is 0 Å². The molecule has 0 fully saturated rings. The van der Waals surface area contributed by atoms with Crippen LogP contribution in [-0.4, -0.2) is 11.5 Å². The summed E-state index contributed by atoms with van der Waals surface area (Å²) in [6.45, 7) is 4.05. The van der Waals surface area contributed by atoms with Crippen molar-refractivity contribution in [1.29, 1.82) is 0 Å². The summed E-state index contributed by atoms with van der Waals surface area (Å²) in [4.78, 5) is 4.08. The number of unbranched alkanes of at least 4 members (excludes halogenated alkanes) is 1. The molecule has 2 N–H and O–H groups in total. The second-order valence-corrected chi connectivity index (χ2v) is 6.15. The number of rotatable bonds is 8. The molecule has 0 spiro atoms. The average molecular weight is 331 g/mol. The highest BCUT2D eigenvalue weighted by Crippen LogP contribution is 2.20. The van der Waals surface area contributed by atoms with Crippen molar-refractivity contribution in [3.63, 3.8) is 0 Å². The van der Waals surface area contributed by atoms with E-state index in [1.165, 1.54) is 35.2 Å². The van der Waals surface area contributed by atoms with Crippen LogP contribution in [0.3, 0.4) is 0 Å². The van der Waals surface area contributed by atoms with Crippen LogP contribution in [0.25, 0.3) is 11.1 Å². The van der Waals surface area contributed by atoms with Gasteiger partial charge in [-0.3, -0.25) is 4.98 Å². The highest BCUT2D eigenvalue weighted by molar-refractivity contribution is 5.63. The topological polar surface area (TPSA) is 37.0 Å². The maximum atomic E-state index is 4.08. The molecule has 0 aliphatic heterocycles. The van der Waals surface area contributed by atoms with Crippen molar-refractivity contribution in [3.05, 3.63) is 78.6 Å². The summed E-state index contributed by atoms with van der Waals surface area (Å²) in [5.41, 5.74) is 5.99. The van der Waals surface area contributed by atoms with Crippen LogP contribution < -0.4 is 10.6 Å². The molecule has 0 amide bonds. The van der Waals surface area contributed by atoms with E-state index in [0.717, 1.165) is 18.8 Å². The first-order chi connectivity index (χ1) is 12.3. The normalized spacial score (nSPS) is 10.4. The maximum Gasteiger partial charge on any atom is 0.0401 e. The van der Waals surface area contributed by atoms with Gasteiger partial charge in [0.1, 0.15) is 0 Å². The fraction of sp³-hybridized carbons (Fsp3) is 0.227. The van der Waals surface area contributed by atoms with Crippen molar-refractivity contribution in [2.45, 2.75) is 26.3 Å². The molecule has 1 aromatic heterocycles. The summed E-state index contributed by atoms with van der Waals surface area (Å²) in [5.74, 6) is 0. The molecule has 0 radical (unpaired) electrons. The van der Waals surface area contributed by atoms with Gasteiger partial charge in [0.2, 0.25) is 0 Å². The van der Waals surface area contributed by atoms with E-state index in [2.05, 4.69) is 71.1 Å². The minimum absolute atomic E-state index is 0.807. The highest BCUT2D eigenvalue weighted by Gasteiger charge is 2.00. The second-order valence-electron chi connectivity index (χ2n) is 6.15. The number of nitrogens with one attached hydrogen (secondary N) is 2. The lowest BCUT2D eigenvalue weighted by atomic mass is 10.0. The number of hydrogen-bond acceptors (Lipinski definition) is 3. The zero-order chi connectivity index (χ0) is 17.3. The molecule has 3 aromatic rings.